The highest BCUT2D eigenvalue weighted by atomic mass is 19.4. The molecular formula is C20H26F6N4O3. The van der Waals surface area contributed by atoms with E-state index >= 15 is 0 Å². The maximum Gasteiger partial charge on any atom is 0.418 e. The van der Waals surface area contributed by atoms with E-state index in [4.69, 9.17) is 10.5 Å². The Kier molecular flexibility index (Phi) is 8.71. The van der Waals surface area contributed by atoms with Crippen molar-refractivity contribution in [2.24, 2.45) is 11.7 Å². The van der Waals surface area contributed by atoms with E-state index in [2.05, 4.69) is 5.32 Å². The molecule has 1 aliphatic rings. The van der Waals surface area contributed by atoms with Gasteiger partial charge in [-0.3, -0.25) is 14.5 Å². The van der Waals surface area contributed by atoms with Crippen molar-refractivity contribution in [2.45, 2.75) is 32.2 Å². The zero-order valence-corrected chi connectivity index (χ0v) is 18.1. The molecule has 0 radical (unpaired) electrons. The number of alkyl halides is 6. The lowest BCUT2D eigenvalue weighted by Crippen LogP contribution is -2.52. The number of hydrogen-bond acceptors (Lipinski definition) is 5. The Labute approximate surface area is 186 Å². The summed E-state index contributed by atoms with van der Waals surface area (Å²) in [7, 11) is 0. The molecule has 1 aliphatic heterocycles. The molecule has 0 aliphatic carbocycles. The van der Waals surface area contributed by atoms with Crippen molar-refractivity contribution in [1.29, 1.82) is 0 Å². The number of benzene rings is 1. The Balaban J connectivity index is 2.34. The summed E-state index contributed by atoms with van der Waals surface area (Å²) in [6.45, 7) is 1.10. The number of ether oxygens (including phenoxy) is 1. The van der Waals surface area contributed by atoms with Gasteiger partial charge in [-0.1, -0.05) is 13.8 Å². The number of rotatable bonds is 8. The SMILES string of the molecule is CC(C)CN(CC(F)(F)F)[C@H](CN)C(=O)Nc1ccc(N2CCOCC2=O)cc1C(F)(F)F. The summed E-state index contributed by atoms with van der Waals surface area (Å²) in [5.41, 5.74) is 3.61. The average molecular weight is 484 g/mol. The summed E-state index contributed by atoms with van der Waals surface area (Å²) < 4.78 is 85.1. The Morgan fingerprint density at radius 2 is 1.91 bits per heavy atom. The standard InChI is InChI=1S/C20H26F6N4O3/c1-12(2)9-29(11-19(21,22)23)16(8-27)18(32)28-15-4-3-13(7-14(15)20(24,25)26)30-5-6-33-10-17(30)31/h3-4,7,12,16H,5-6,8-11,27H2,1-2H3,(H,28,32)/t16-/m1/s1. The lowest BCUT2D eigenvalue weighted by Gasteiger charge is -2.32. The molecule has 1 saturated heterocycles. The first-order valence-corrected chi connectivity index (χ1v) is 10.1. The topological polar surface area (TPSA) is 87.9 Å². The summed E-state index contributed by atoms with van der Waals surface area (Å²) in [6.07, 6.45) is -9.54. The molecule has 0 spiro atoms. The highest BCUT2D eigenvalue weighted by Crippen LogP contribution is 2.38. The molecule has 0 saturated carbocycles. The van der Waals surface area contributed by atoms with Crippen LogP contribution in [0.4, 0.5) is 37.7 Å². The van der Waals surface area contributed by atoms with Crippen LogP contribution >= 0.6 is 0 Å². The van der Waals surface area contributed by atoms with E-state index in [0.717, 1.165) is 15.9 Å². The lowest BCUT2D eigenvalue weighted by atomic mass is 10.1. The molecule has 1 fully saturated rings. The zero-order chi connectivity index (χ0) is 25.0. The molecule has 2 rings (SSSR count). The molecule has 13 heteroatoms. The molecule has 1 heterocycles. The van der Waals surface area contributed by atoms with Gasteiger partial charge in [0.1, 0.15) is 12.6 Å². The van der Waals surface area contributed by atoms with Gasteiger partial charge in [0.05, 0.1) is 24.4 Å². The van der Waals surface area contributed by atoms with Crippen LogP contribution in [0.2, 0.25) is 0 Å². The third kappa shape index (κ3) is 7.57. The number of carbonyl (C=O) groups is 2. The molecule has 3 N–H and O–H groups in total. The van der Waals surface area contributed by atoms with E-state index < -0.39 is 54.5 Å². The van der Waals surface area contributed by atoms with Crippen molar-refractivity contribution >= 4 is 23.2 Å². The summed E-state index contributed by atoms with van der Waals surface area (Å²) in [4.78, 5) is 26.6. The minimum absolute atomic E-state index is 0.0393. The number of nitrogens with one attached hydrogen (secondary N) is 1. The second-order valence-corrected chi connectivity index (χ2v) is 8.00. The summed E-state index contributed by atoms with van der Waals surface area (Å²) in [5.74, 6) is -1.88. The van der Waals surface area contributed by atoms with Gasteiger partial charge in [-0.25, -0.2) is 0 Å². The highest BCUT2D eigenvalue weighted by Gasteiger charge is 2.38. The first-order chi connectivity index (χ1) is 15.2. The van der Waals surface area contributed by atoms with Gasteiger partial charge in [-0.15, -0.1) is 0 Å². The Hall–Kier alpha value is -2.38. The van der Waals surface area contributed by atoms with Crippen LogP contribution in [0, 0.1) is 5.92 Å². The predicted molar refractivity (Wildman–Crippen MR) is 109 cm³/mol. The van der Waals surface area contributed by atoms with Crippen LogP contribution in [-0.2, 0) is 20.5 Å². The van der Waals surface area contributed by atoms with Gasteiger partial charge in [0, 0.05) is 25.3 Å². The Morgan fingerprint density at radius 1 is 1.24 bits per heavy atom. The third-order valence-corrected chi connectivity index (χ3v) is 4.81. The molecule has 0 aromatic heterocycles. The van der Waals surface area contributed by atoms with E-state index in [1.54, 1.807) is 13.8 Å². The van der Waals surface area contributed by atoms with Gasteiger partial charge in [-0.05, 0) is 24.1 Å². The fourth-order valence-electron chi connectivity index (χ4n) is 3.47. The van der Waals surface area contributed by atoms with E-state index in [0.29, 0.717) is 6.07 Å². The van der Waals surface area contributed by atoms with Crippen LogP contribution in [0.5, 0.6) is 0 Å². The van der Waals surface area contributed by atoms with Gasteiger partial charge in [0.2, 0.25) is 5.91 Å². The number of halogens is 6. The number of morpholine rings is 1. The monoisotopic (exact) mass is 484 g/mol. The van der Waals surface area contributed by atoms with Crippen LogP contribution < -0.4 is 16.0 Å². The first-order valence-electron chi connectivity index (χ1n) is 10.1. The van der Waals surface area contributed by atoms with Gasteiger partial charge >= 0.3 is 12.4 Å². The smallest absolute Gasteiger partial charge is 0.370 e. The lowest BCUT2D eigenvalue weighted by molar-refractivity contribution is -0.154. The third-order valence-electron chi connectivity index (χ3n) is 4.81. The highest BCUT2D eigenvalue weighted by molar-refractivity contribution is 5.98. The van der Waals surface area contributed by atoms with Crippen molar-refractivity contribution in [2.75, 3.05) is 49.6 Å². The first kappa shape index (κ1) is 26.9. The molecule has 7 nitrogen and oxygen atoms in total. The maximum atomic E-state index is 13.7. The number of hydrogen-bond donors (Lipinski definition) is 2. The van der Waals surface area contributed by atoms with Crippen LogP contribution in [0.15, 0.2) is 18.2 Å². The Morgan fingerprint density at radius 3 is 2.42 bits per heavy atom. The molecule has 186 valence electrons. The van der Waals surface area contributed by atoms with Crippen LogP contribution in [0.25, 0.3) is 0 Å². The van der Waals surface area contributed by atoms with E-state index in [-0.39, 0.29) is 37.9 Å². The number of anilines is 2. The second-order valence-electron chi connectivity index (χ2n) is 8.00. The van der Waals surface area contributed by atoms with Crippen molar-refractivity contribution in [3.63, 3.8) is 0 Å². The van der Waals surface area contributed by atoms with Crippen LogP contribution in [0.3, 0.4) is 0 Å². The predicted octanol–water partition coefficient (Wildman–Crippen LogP) is 2.85. The van der Waals surface area contributed by atoms with Crippen LogP contribution in [-0.4, -0.2) is 68.3 Å². The van der Waals surface area contributed by atoms with Crippen molar-refractivity contribution in [1.82, 2.24) is 4.90 Å². The molecule has 0 unspecified atom stereocenters. The summed E-state index contributed by atoms with van der Waals surface area (Å²) in [6, 6.07) is 1.38. The fraction of sp³-hybridized carbons (Fsp3) is 0.600. The average Bonchev–Trinajstić information content (AvgIpc) is 2.66. The van der Waals surface area contributed by atoms with Crippen LogP contribution in [0.1, 0.15) is 19.4 Å². The van der Waals surface area contributed by atoms with Crippen molar-refractivity contribution in [3.8, 4) is 0 Å². The van der Waals surface area contributed by atoms with Gasteiger partial charge < -0.3 is 20.7 Å². The quantitative estimate of drug-likeness (QED) is 0.555. The van der Waals surface area contributed by atoms with Crippen molar-refractivity contribution < 1.29 is 40.7 Å². The van der Waals surface area contributed by atoms with E-state index in [1.807, 2.05) is 0 Å². The summed E-state index contributed by atoms with van der Waals surface area (Å²) in [5, 5.41) is 2.07. The zero-order valence-electron chi connectivity index (χ0n) is 18.1. The minimum Gasteiger partial charge on any atom is -0.370 e. The second kappa shape index (κ2) is 10.7. The van der Waals surface area contributed by atoms with E-state index in [1.165, 1.54) is 6.07 Å². The number of nitrogens with two attached hydrogens (primary N) is 1. The molecule has 1 aromatic rings. The largest absolute Gasteiger partial charge is 0.418 e. The number of amides is 2. The number of nitrogens with zero attached hydrogens (tertiary/aromatic N) is 2. The summed E-state index contributed by atoms with van der Waals surface area (Å²) >= 11 is 0. The molecule has 33 heavy (non-hydrogen) atoms. The Bertz CT molecular complexity index is 844. The fourth-order valence-corrected chi connectivity index (χ4v) is 3.47. The molecule has 1 aromatic carbocycles. The minimum atomic E-state index is -4.91. The van der Waals surface area contributed by atoms with Gasteiger partial charge in [-0.2, -0.15) is 26.3 Å². The molecular weight excluding hydrogens is 458 g/mol. The van der Waals surface area contributed by atoms with Gasteiger partial charge in [0.25, 0.3) is 5.91 Å². The van der Waals surface area contributed by atoms with E-state index in [9.17, 15) is 35.9 Å². The molecule has 0 bridgehead atoms. The molecule has 1 atom stereocenters. The van der Waals surface area contributed by atoms with Gasteiger partial charge in [0.15, 0.2) is 0 Å². The number of carbonyl (C=O) groups excluding carboxylic acids is 2. The van der Waals surface area contributed by atoms with Crippen molar-refractivity contribution in [3.05, 3.63) is 23.8 Å². The maximum absolute atomic E-state index is 13.7. The normalized spacial score (nSPS) is 16.5. The molecule has 2 amide bonds.